The molecule has 0 saturated heterocycles. The molecule has 0 spiro atoms. The second-order valence-electron chi connectivity index (χ2n) is 9.32. The molecule has 3 aromatic rings. The molecule has 1 N–H and O–H groups in total. The number of aryl methyl sites for hydroxylation is 1. The zero-order valence-corrected chi connectivity index (χ0v) is 21.0. The second-order valence-corrected chi connectivity index (χ2v) is 10.7. The third kappa shape index (κ3) is 5.19. The quantitative estimate of drug-likeness (QED) is 0.440. The van der Waals surface area contributed by atoms with Crippen molar-refractivity contribution in [1.82, 2.24) is 24.4 Å². The largest absolute Gasteiger partial charge is 0.355 e. The van der Waals surface area contributed by atoms with Crippen molar-refractivity contribution in [3.05, 3.63) is 62.6 Å². The van der Waals surface area contributed by atoms with Crippen LogP contribution < -0.4 is 16.6 Å². The van der Waals surface area contributed by atoms with Crippen LogP contribution in [0.25, 0.3) is 11.0 Å². The lowest BCUT2D eigenvalue weighted by atomic mass is 9.96. The molecule has 0 unspecified atom stereocenters. The van der Waals surface area contributed by atoms with Gasteiger partial charge in [-0.15, -0.1) is 0 Å². The van der Waals surface area contributed by atoms with Crippen molar-refractivity contribution in [2.45, 2.75) is 56.2 Å². The van der Waals surface area contributed by atoms with Crippen LogP contribution in [-0.2, 0) is 24.3 Å². The Bertz CT molecular complexity index is 1290. The number of carbonyl (C=O) groups is 1. The molecule has 2 atom stereocenters. The van der Waals surface area contributed by atoms with Gasteiger partial charge in [-0.3, -0.25) is 18.7 Å². The van der Waals surface area contributed by atoms with E-state index in [4.69, 9.17) is 0 Å². The molecule has 9 heteroatoms. The summed E-state index contributed by atoms with van der Waals surface area (Å²) in [5.74, 6) is 0.529. The lowest BCUT2D eigenvalue weighted by Crippen LogP contribution is -2.38. The van der Waals surface area contributed by atoms with Crippen LogP contribution in [0.15, 0.2) is 44.9 Å². The van der Waals surface area contributed by atoms with Crippen LogP contribution in [0.3, 0.4) is 0 Å². The summed E-state index contributed by atoms with van der Waals surface area (Å²) >= 11 is 1.20. The SMILES string of the molecule is C[C@H](Sc1nc(C(C)(C)C)nc2c1c(=O)n(C)c(=O)n2C)C(=O)NC[C@H](C)c1ccccc1. The number of hydrogen-bond acceptors (Lipinski definition) is 6. The van der Waals surface area contributed by atoms with Crippen molar-refractivity contribution in [1.29, 1.82) is 0 Å². The van der Waals surface area contributed by atoms with Gasteiger partial charge in [0, 0.05) is 26.1 Å². The van der Waals surface area contributed by atoms with Crippen molar-refractivity contribution >= 4 is 28.7 Å². The van der Waals surface area contributed by atoms with Crippen molar-refractivity contribution in [2.24, 2.45) is 14.1 Å². The van der Waals surface area contributed by atoms with Gasteiger partial charge in [-0.05, 0) is 18.4 Å². The molecular weight excluding hydrogens is 438 g/mol. The van der Waals surface area contributed by atoms with Crippen molar-refractivity contribution in [2.75, 3.05) is 6.54 Å². The maximum absolute atomic E-state index is 13.0. The summed E-state index contributed by atoms with van der Waals surface area (Å²) in [4.78, 5) is 47.5. The number of aromatic nitrogens is 4. The zero-order chi connectivity index (χ0) is 24.5. The number of nitrogens with one attached hydrogen (secondary N) is 1. The summed E-state index contributed by atoms with van der Waals surface area (Å²) < 4.78 is 2.39. The summed E-state index contributed by atoms with van der Waals surface area (Å²) in [7, 11) is 3.01. The monoisotopic (exact) mass is 469 g/mol. The molecule has 2 aromatic heterocycles. The molecule has 0 radical (unpaired) electrons. The van der Waals surface area contributed by atoms with E-state index in [1.54, 1.807) is 14.0 Å². The van der Waals surface area contributed by atoms with E-state index >= 15 is 0 Å². The van der Waals surface area contributed by atoms with Gasteiger partial charge < -0.3 is 5.32 Å². The third-order valence-electron chi connectivity index (χ3n) is 5.55. The van der Waals surface area contributed by atoms with E-state index in [2.05, 4.69) is 22.2 Å². The van der Waals surface area contributed by atoms with Crippen LogP contribution in [0.4, 0.5) is 0 Å². The fourth-order valence-corrected chi connectivity index (χ4v) is 4.33. The molecule has 8 nitrogen and oxygen atoms in total. The van der Waals surface area contributed by atoms with Crippen LogP contribution in [-0.4, -0.2) is 36.8 Å². The Hall–Kier alpha value is -2.94. The normalized spacial score (nSPS) is 13.7. The van der Waals surface area contributed by atoms with Crippen LogP contribution in [0.2, 0.25) is 0 Å². The van der Waals surface area contributed by atoms with Crippen LogP contribution in [0.1, 0.15) is 51.9 Å². The van der Waals surface area contributed by atoms with E-state index in [1.807, 2.05) is 51.1 Å². The molecule has 0 aliphatic rings. The highest BCUT2D eigenvalue weighted by molar-refractivity contribution is 8.00. The van der Waals surface area contributed by atoms with Crippen LogP contribution >= 0.6 is 11.8 Å². The minimum absolute atomic E-state index is 0.145. The molecule has 0 aliphatic carbocycles. The summed E-state index contributed by atoms with van der Waals surface area (Å²) in [6, 6.07) is 10.00. The first-order valence-electron chi connectivity index (χ1n) is 10.9. The maximum atomic E-state index is 13.0. The molecule has 0 bridgehead atoms. The number of benzene rings is 1. The van der Waals surface area contributed by atoms with Crippen LogP contribution in [0.5, 0.6) is 0 Å². The summed E-state index contributed by atoms with van der Waals surface area (Å²) in [6.07, 6.45) is 0. The van der Waals surface area contributed by atoms with E-state index in [0.717, 1.165) is 10.1 Å². The van der Waals surface area contributed by atoms with Gasteiger partial charge in [0.15, 0.2) is 5.65 Å². The molecular formula is C24H31N5O3S. The maximum Gasteiger partial charge on any atom is 0.332 e. The van der Waals surface area contributed by atoms with E-state index in [0.29, 0.717) is 17.4 Å². The number of carbonyl (C=O) groups excluding carboxylic acids is 1. The molecule has 0 aliphatic heterocycles. The number of thioether (sulfide) groups is 1. The van der Waals surface area contributed by atoms with Crippen molar-refractivity contribution in [3.63, 3.8) is 0 Å². The Labute approximate surface area is 197 Å². The smallest absolute Gasteiger partial charge is 0.332 e. The third-order valence-corrected chi connectivity index (χ3v) is 6.63. The average Bonchev–Trinajstić information content (AvgIpc) is 2.78. The first kappa shape index (κ1) is 24.7. The molecule has 3 rings (SSSR count). The van der Waals surface area contributed by atoms with Gasteiger partial charge in [0.2, 0.25) is 5.91 Å². The molecule has 1 aromatic carbocycles. The Morgan fingerprint density at radius 2 is 1.70 bits per heavy atom. The minimum Gasteiger partial charge on any atom is -0.355 e. The van der Waals surface area contributed by atoms with Gasteiger partial charge in [0.25, 0.3) is 5.56 Å². The van der Waals surface area contributed by atoms with Crippen molar-refractivity contribution in [3.8, 4) is 0 Å². The van der Waals surface area contributed by atoms with Crippen LogP contribution in [0, 0.1) is 0 Å². The van der Waals surface area contributed by atoms with E-state index in [1.165, 1.54) is 23.4 Å². The number of nitrogens with zero attached hydrogens (tertiary/aromatic N) is 4. The first-order chi connectivity index (χ1) is 15.4. The van der Waals surface area contributed by atoms with E-state index in [9.17, 15) is 14.4 Å². The molecule has 0 saturated carbocycles. The Morgan fingerprint density at radius 1 is 1.06 bits per heavy atom. The Morgan fingerprint density at radius 3 is 2.30 bits per heavy atom. The predicted molar refractivity (Wildman–Crippen MR) is 132 cm³/mol. The summed E-state index contributed by atoms with van der Waals surface area (Å²) in [5.41, 5.74) is 0.0936. The van der Waals surface area contributed by atoms with Gasteiger partial charge in [-0.2, -0.15) is 0 Å². The summed E-state index contributed by atoms with van der Waals surface area (Å²) in [5, 5.41) is 3.15. The van der Waals surface area contributed by atoms with Gasteiger partial charge in [-0.25, -0.2) is 14.8 Å². The Balaban J connectivity index is 1.93. The minimum atomic E-state index is -0.499. The lowest BCUT2D eigenvalue weighted by molar-refractivity contribution is -0.120. The fourth-order valence-electron chi connectivity index (χ4n) is 3.37. The molecule has 2 heterocycles. The van der Waals surface area contributed by atoms with E-state index < -0.39 is 21.9 Å². The number of hydrogen-bond donors (Lipinski definition) is 1. The number of fused-ring (bicyclic) bond motifs is 1. The van der Waals surface area contributed by atoms with Gasteiger partial charge >= 0.3 is 5.69 Å². The highest BCUT2D eigenvalue weighted by Gasteiger charge is 2.26. The predicted octanol–water partition coefficient (Wildman–Crippen LogP) is 2.73. The topological polar surface area (TPSA) is 98.9 Å². The Kier molecular flexibility index (Phi) is 7.11. The van der Waals surface area contributed by atoms with Crippen molar-refractivity contribution < 1.29 is 4.79 Å². The fraction of sp³-hybridized carbons (Fsp3) is 0.458. The molecule has 0 fully saturated rings. The standard InChI is InChI=1S/C24H31N5O3S/c1-14(16-11-9-8-10-12-16)13-25-19(30)15(2)33-20-17-18(26-22(27-20)24(3,4)5)28(6)23(32)29(7)21(17)31/h8-12,14-15H,13H2,1-7H3,(H,25,30)/t14-,15-/m0/s1. The lowest BCUT2D eigenvalue weighted by Gasteiger charge is -2.20. The first-order valence-corrected chi connectivity index (χ1v) is 11.8. The number of rotatable bonds is 6. The average molecular weight is 470 g/mol. The van der Waals surface area contributed by atoms with Gasteiger partial charge in [-0.1, -0.05) is 69.8 Å². The molecule has 33 heavy (non-hydrogen) atoms. The summed E-state index contributed by atoms with van der Waals surface area (Å²) in [6.45, 7) is 10.2. The van der Waals surface area contributed by atoms with Gasteiger partial charge in [0.05, 0.1) is 5.25 Å². The highest BCUT2D eigenvalue weighted by atomic mass is 32.2. The van der Waals surface area contributed by atoms with Gasteiger partial charge in [0.1, 0.15) is 16.2 Å². The van der Waals surface area contributed by atoms with E-state index in [-0.39, 0.29) is 22.9 Å². The number of amides is 1. The second kappa shape index (κ2) is 9.51. The molecule has 1 amide bonds. The zero-order valence-electron chi connectivity index (χ0n) is 20.2. The molecule has 176 valence electrons. The highest BCUT2D eigenvalue weighted by Crippen LogP contribution is 2.29.